The highest BCUT2D eigenvalue weighted by molar-refractivity contribution is 6.32. The van der Waals surface area contributed by atoms with E-state index in [9.17, 15) is 19.7 Å². The fourth-order valence-electron chi connectivity index (χ4n) is 2.93. The molecule has 9 nitrogen and oxygen atoms in total. The lowest BCUT2D eigenvalue weighted by atomic mass is 10.2. The van der Waals surface area contributed by atoms with E-state index in [0.29, 0.717) is 17.8 Å². The Morgan fingerprint density at radius 3 is 2.58 bits per heavy atom. The number of aryl methyl sites for hydroxylation is 2. The molecule has 0 unspecified atom stereocenters. The van der Waals surface area contributed by atoms with Crippen molar-refractivity contribution in [1.29, 1.82) is 0 Å². The molecule has 1 heterocycles. The van der Waals surface area contributed by atoms with Crippen molar-refractivity contribution in [2.45, 2.75) is 20.4 Å². The predicted octanol–water partition coefficient (Wildman–Crippen LogP) is 3.91. The third-order valence-corrected chi connectivity index (χ3v) is 4.85. The number of nitrogens with one attached hydrogen (secondary N) is 1. The van der Waals surface area contributed by atoms with Gasteiger partial charge in [0.05, 0.1) is 17.2 Å². The number of anilines is 1. The fourth-order valence-corrected chi connectivity index (χ4v) is 3.24. The Bertz CT molecular complexity index is 1140. The van der Waals surface area contributed by atoms with Crippen LogP contribution in [-0.4, -0.2) is 33.2 Å². The topological polar surface area (TPSA) is 116 Å². The van der Waals surface area contributed by atoms with Gasteiger partial charge < -0.3 is 10.1 Å². The second-order valence-electron chi connectivity index (χ2n) is 6.78. The molecule has 0 radical (unpaired) electrons. The number of esters is 1. The van der Waals surface area contributed by atoms with Gasteiger partial charge in [0, 0.05) is 17.3 Å². The maximum Gasteiger partial charge on any atom is 0.343 e. The lowest BCUT2D eigenvalue weighted by Crippen LogP contribution is -2.21. The van der Waals surface area contributed by atoms with Gasteiger partial charge in [-0.1, -0.05) is 48.0 Å². The summed E-state index contributed by atoms with van der Waals surface area (Å²) in [6.45, 7) is 3.01. The zero-order chi connectivity index (χ0) is 22.5. The van der Waals surface area contributed by atoms with Crippen LogP contribution in [0.1, 0.15) is 27.2 Å². The van der Waals surface area contributed by atoms with Crippen LogP contribution in [0.15, 0.2) is 48.5 Å². The van der Waals surface area contributed by atoms with Crippen LogP contribution < -0.4 is 5.32 Å². The van der Waals surface area contributed by atoms with Crippen LogP contribution in [-0.2, 0) is 16.1 Å². The summed E-state index contributed by atoms with van der Waals surface area (Å²) >= 11 is 6.32. The van der Waals surface area contributed by atoms with E-state index in [0.717, 1.165) is 5.56 Å². The number of amides is 1. The molecule has 3 aromatic rings. The standard InChI is InChI=1S/C21H19ClN4O5/c1-13-8-9-16(10-17(13)26(29)30)23-18(27)12-31-21(28)19-14(2)24-25(20(19)22)11-15-6-4-3-5-7-15/h3-10H,11-12H2,1-2H3,(H,23,27). The molecule has 31 heavy (non-hydrogen) atoms. The van der Waals surface area contributed by atoms with Gasteiger partial charge >= 0.3 is 5.97 Å². The third kappa shape index (κ3) is 5.26. The lowest BCUT2D eigenvalue weighted by molar-refractivity contribution is -0.385. The van der Waals surface area contributed by atoms with Crippen molar-refractivity contribution in [3.63, 3.8) is 0 Å². The Morgan fingerprint density at radius 1 is 1.19 bits per heavy atom. The zero-order valence-corrected chi connectivity index (χ0v) is 17.5. The summed E-state index contributed by atoms with van der Waals surface area (Å²) in [7, 11) is 0. The molecule has 2 aromatic carbocycles. The molecule has 1 amide bonds. The summed E-state index contributed by atoms with van der Waals surface area (Å²) in [5.74, 6) is -1.43. The van der Waals surface area contributed by atoms with E-state index in [-0.39, 0.29) is 22.1 Å². The monoisotopic (exact) mass is 442 g/mol. The number of nitrogens with zero attached hydrogens (tertiary/aromatic N) is 3. The molecule has 0 fully saturated rings. The van der Waals surface area contributed by atoms with Gasteiger partial charge in [-0.25, -0.2) is 9.48 Å². The average Bonchev–Trinajstić information content (AvgIpc) is 3.01. The first-order valence-corrected chi connectivity index (χ1v) is 9.63. The van der Waals surface area contributed by atoms with Gasteiger partial charge in [0.15, 0.2) is 6.61 Å². The SMILES string of the molecule is Cc1ccc(NC(=O)COC(=O)c2c(C)nn(Cc3ccccc3)c2Cl)cc1[N+](=O)[O-]. The van der Waals surface area contributed by atoms with Gasteiger partial charge in [-0.05, 0) is 25.5 Å². The number of nitro benzene ring substituents is 1. The van der Waals surface area contributed by atoms with E-state index in [2.05, 4.69) is 10.4 Å². The van der Waals surface area contributed by atoms with Crippen molar-refractivity contribution < 1.29 is 19.2 Å². The molecule has 0 aliphatic carbocycles. The van der Waals surface area contributed by atoms with E-state index in [1.807, 2.05) is 30.3 Å². The first kappa shape index (κ1) is 22.0. The molecule has 0 aliphatic rings. The number of halogens is 1. The Labute approximate surface area is 182 Å². The number of hydrogen-bond donors (Lipinski definition) is 1. The van der Waals surface area contributed by atoms with Crippen LogP contribution in [0.5, 0.6) is 0 Å². The number of aromatic nitrogens is 2. The summed E-state index contributed by atoms with van der Waals surface area (Å²) in [6.07, 6.45) is 0. The van der Waals surface area contributed by atoms with Crippen molar-refractivity contribution in [2.75, 3.05) is 11.9 Å². The second kappa shape index (κ2) is 9.40. The quantitative estimate of drug-likeness (QED) is 0.337. The Morgan fingerprint density at radius 2 is 1.90 bits per heavy atom. The Hall–Kier alpha value is -3.72. The number of ether oxygens (including phenoxy) is 1. The highest BCUT2D eigenvalue weighted by Gasteiger charge is 2.23. The summed E-state index contributed by atoms with van der Waals surface area (Å²) in [6, 6.07) is 13.8. The van der Waals surface area contributed by atoms with Gasteiger partial charge in [-0.3, -0.25) is 14.9 Å². The second-order valence-corrected chi connectivity index (χ2v) is 7.14. The third-order valence-electron chi connectivity index (χ3n) is 4.47. The van der Waals surface area contributed by atoms with E-state index in [1.54, 1.807) is 13.8 Å². The first-order chi connectivity index (χ1) is 14.8. The van der Waals surface area contributed by atoms with Crippen LogP contribution in [0, 0.1) is 24.0 Å². The summed E-state index contributed by atoms with van der Waals surface area (Å²) in [5, 5.41) is 17.9. The summed E-state index contributed by atoms with van der Waals surface area (Å²) in [5.41, 5.74) is 1.98. The zero-order valence-electron chi connectivity index (χ0n) is 16.8. The van der Waals surface area contributed by atoms with Gasteiger partial charge in [-0.15, -0.1) is 0 Å². The maximum absolute atomic E-state index is 12.5. The van der Waals surface area contributed by atoms with Gasteiger partial charge in [0.2, 0.25) is 0 Å². The molecule has 0 atom stereocenters. The normalized spacial score (nSPS) is 10.5. The fraction of sp³-hybridized carbons (Fsp3) is 0.190. The van der Waals surface area contributed by atoms with E-state index >= 15 is 0 Å². The molecule has 10 heteroatoms. The maximum atomic E-state index is 12.5. The average molecular weight is 443 g/mol. The Balaban J connectivity index is 1.64. The molecule has 1 N–H and O–H groups in total. The number of carbonyl (C=O) groups excluding carboxylic acids is 2. The van der Waals surface area contributed by atoms with Gasteiger partial charge in [-0.2, -0.15) is 5.10 Å². The number of rotatable bonds is 7. The summed E-state index contributed by atoms with van der Waals surface area (Å²) < 4.78 is 6.55. The van der Waals surface area contributed by atoms with Crippen molar-refractivity contribution in [3.8, 4) is 0 Å². The number of benzene rings is 2. The largest absolute Gasteiger partial charge is 0.452 e. The van der Waals surface area contributed by atoms with Crippen LogP contribution in [0.4, 0.5) is 11.4 Å². The lowest BCUT2D eigenvalue weighted by Gasteiger charge is -2.07. The number of carbonyl (C=O) groups is 2. The first-order valence-electron chi connectivity index (χ1n) is 9.25. The summed E-state index contributed by atoms with van der Waals surface area (Å²) in [4.78, 5) is 35.1. The molecular weight excluding hydrogens is 424 g/mol. The van der Waals surface area contributed by atoms with E-state index in [1.165, 1.54) is 22.9 Å². The molecule has 0 saturated carbocycles. The molecule has 0 saturated heterocycles. The van der Waals surface area contributed by atoms with Crippen LogP contribution in [0.2, 0.25) is 5.15 Å². The van der Waals surface area contributed by atoms with Crippen LogP contribution in [0.3, 0.4) is 0 Å². The van der Waals surface area contributed by atoms with E-state index in [4.69, 9.17) is 16.3 Å². The number of hydrogen-bond acceptors (Lipinski definition) is 6. The molecule has 0 spiro atoms. The van der Waals surface area contributed by atoms with Gasteiger partial charge in [0.1, 0.15) is 10.7 Å². The van der Waals surface area contributed by atoms with Gasteiger partial charge in [0.25, 0.3) is 11.6 Å². The number of nitro groups is 1. The van der Waals surface area contributed by atoms with E-state index < -0.39 is 23.4 Å². The molecular formula is C21H19ClN4O5. The predicted molar refractivity (Wildman–Crippen MR) is 114 cm³/mol. The highest BCUT2D eigenvalue weighted by Crippen LogP contribution is 2.23. The molecule has 1 aromatic heterocycles. The Kier molecular flexibility index (Phi) is 6.66. The molecule has 0 bridgehead atoms. The highest BCUT2D eigenvalue weighted by atomic mass is 35.5. The molecule has 160 valence electrons. The minimum atomic E-state index is -0.785. The van der Waals surface area contributed by atoms with Crippen molar-refractivity contribution >= 4 is 34.9 Å². The smallest absolute Gasteiger partial charge is 0.343 e. The molecule has 3 rings (SSSR count). The van der Waals surface area contributed by atoms with Crippen molar-refractivity contribution in [1.82, 2.24) is 9.78 Å². The van der Waals surface area contributed by atoms with Crippen LogP contribution in [0.25, 0.3) is 0 Å². The minimum absolute atomic E-state index is 0.0800. The minimum Gasteiger partial charge on any atom is -0.452 e. The van der Waals surface area contributed by atoms with Crippen molar-refractivity contribution in [3.05, 3.63) is 86.2 Å². The molecule has 0 aliphatic heterocycles. The van der Waals surface area contributed by atoms with Crippen LogP contribution >= 0.6 is 11.6 Å². The van der Waals surface area contributed by atoms with Crippen molar-refractivity contribution in [2.24, 2.45) is 0 Å².